The molecule has 2 aliphatic rings. The summed E-state index contributed by atoms with van der Waals surface area (Å²) in [5, 5.41) is 0. The second-order valence-corrected chi connectivity index (χ2v) is 5.76. The maximum atomic E-state index is 12.7. The molecule has 0 aromatic rings. The summed E-state index contributed by atoms with van der Waals surface area (Å²) in [5.41, 5.74) is -0.677. The Balaban J connectivity index is 1.90. The van der Waals surface area contributed by atoms with E-state index < -0.39 is 5.60 Å². The molecule has 86 valence electrons. The van der Waals surface area contributed by atoms with Gasteiger partial charge >= 0.3 is 6.09 Å². The fraction of sp³-hybridized carbons (Fsp3) is 0.909. The van der Waals surface area contributed by atoms with Gasteiger partial charge in [0.2, 0.25) is 0 Å². The molecule has 2 rings (SSSR count). The average molecular weight is 215 g/mol. The summed E-state index contributed by atoms with van der Waals surface area (Å²) in [6.07, 6.45) is 0.630. The van der Waals surface area contributed by atoms with Crippen molar-refractivity contribution in [3.8, 4) is 0 Å². The first-order valence-corrected chi connectivity index (χ1v) is 5.40. The quantitative estimate of drug-likeness (QED) is 0.671. The van der Waals surface area contributed by atoms with Crippen molar-refractivity contribution < 1.29 is 13.9 Å². The normalized spacial score (nSPS) is 33.9. The predicted octanol–water partition coefficient (Wildman–Crippen LogP) is 2.21. The Labute approximate surface area is 89.6 Å². The molecule has 1 amide bonds. The van der Waals surface area contributed by atoms with E-state index >= 15 is 0 Å². The lowest BCUT2D eigenvalue weighted by Crippen LogP contribution is -2.37. The van der Waals surface area contributed by atoms with Crippen LogP contribution in [0.3, 0.4) is 0 Å². The van der Waals surface area contributed by atoms with Crippen LogP contribution in [0.2, 0.25) is 0 Å². The second kappa shape index (κ2) is 3.09. The molecule has 1 aliphatic heterocycles. The number of halogens is 1. The van der Waals surface area contributed by atoms with Crippen molar-refractivity contribution in [2.75, 3.05) is 19.8 Å². The molecule has 0 unspecified atom stereocenters. The van der Waals surface area contributed by atoms with Crippen LogP contribution < -0.4 is 0 Å². The highest BCUT2D eigenvalue weighted by molar-refractivity contribution is 5.69. The number of piperidine rings is 1. The lowest BCUT2D eigenvalue weighted by Gasteiger charge is -2.25. The van der Waals surface area contributed by atoms with E-state index in [4.69, 9.17) is 4.74 Å². The van der Waals surface area contributed by atoms with Crippen molar-refractivity contribution in [3.05, 3.63) is 0 Å². The van der Waals surface area contributed by atoms with Crippen LogP contribution in [0, 0.1) is 11.3 Å². The van der Waals surface area contributed by atoms with Crippen LogP contribution in [0.25, 0.3) is 0 Å². The van der Waals surface area contributed by atoms with Gasteiger partial charge in [0, 0.05) is 18.5 Å². The molecule has 2 atom stereocenters. The molecule has 0 N–H and O–H groups in total. The Hall–Kier alpha value is -0.800. The molecule has 3 nitrogen and oxygen atoms in total. The number of hydrogen-bond donors (Lipinski definition) is 0. The Morgan fingerprint density at radius 3 is 2.73 bits per heavy atom. The largest absolute Gasteiger partial charge is 0.444 e. The summed E-state index contributed by atoms with van der Waals surface area (Å²) >= 11 is 0. The minimum atomic E-state index is -0.466. The fourth-order valence-electron chi connectivity index (χ4n) is 2.27. The molecule has 1 saturated carbocycles. The van der Waals surface area contributed by atoms with Gasteiger partial charge in [0.25, 0.3) is 0 Å². The maximum Gasteiger partial charge on any atom is 0.410 e. The van der Waals surface area contributed by atoms with Gasteiger partial charge in [0.1, 0.15) is 5.60 Å². The number of carbonyl (C=O) groups is 1. The molecule has 0 radical (unpaired) electrons. The number of rotatable bonds is 1. The zero-order chi connectivity index (χ0) is 11.3. The Morgan fingerprint density at radius 2 is 2.27 bits per heavy atom. The third kappa shape index (κ3) is 1.94. The van der Waals surface area contributed by atoms with Crippen LogP contribution in [-0.4, -0.2) is 36.4 Å². The van der Waals surface area contributed by atoms with Crippen LogP contribution in [0.4, 0.5) is 9.18 Å². The van der Waals surface area contributed by atoms with E-state index in [0.717, 1.165) is 6.42 Å². The minimum Gasteiger partial charge on any atom is -0.444 e. The summed E-state index contributed by atoms with van der Waals surface area (Å²) in [7, 11) is 0. The summed E-state index contributed by atoms with van der Waals surface area (Å²) in [6.45, 7) is 6.41. The smallest absolute Gasteiger partial charge is 0.410 e. The molecule has 2 fully saturated rings. The first-order chi connectivity index (χ1) is 6.86. The molecule has 1 heterocycles. The molecule has 0 bridgehead atoms. The molecule has 15 heavy (non-hydrogen) atoms. The molecule has 4 heteroatoms. The van der Waals surface area contributed by atoms with Crippen molar-refractivity contribution in [1.82, 2.24) is 4.90 Å². The molecular weight excluding hydrogens is 197 g/mol. The van der Waals surface area contributed by atoms with Gasteiger partial charge in [-0.2, -0.15) is 0 Å². The van der Waals surface area contributed by atoms with Gasteiger partial charge in [-0.3, -0.25) is 4.39 Å². The number of alkyl halides is 1. The molecule has 1 aliphatic carbocycles. The Morgan fingerprint density at radius 1 is 1.60 bits per heavy atom. The lowest BCUT2D eigenvalue weighted by molar-refractivity contribution is 0.0258. The van der Waals surface area contributed by atoms with Gasteiger partial charge in [-0.25, -0.2) is 4.79 Å². The summed E-state index contributed by atoms with van der Waals surface area (Å²) in [4.78, 5) is 13.3. The van der Waals surface area contributed by atoms with Crippen LogP contribution >= 0.6 is 0 Å². The van der Waals surface area contributed by atoms with Crippen molar-refractivity contribution in [2.45, 2.75) is 32.8 Å². The fourth-order valence-corrected chi connectivity index (χ4v) is 2.27. The highest BCUT2D eigenvalue weighted by Crippen LogP contribution is 2.58. The molecule has 0 aromatic heterocycles. The topological polar surface area (TPSA) is 29.5 Å². The van der Waals surface area contributed by atoms with Crippen molar-refractivity contribution in [2.24, 2.45) is 11.3 Å². The third-order valence-electron chi connectivity index (χ3n) is 3.22. The Bertz CT molecular complexity index is 283. The van der Waals surface area contributed by atoms with E-state index in [2.05, 4.69) is 0 Å². The number of carbonyl (C=O) groups excluding carboxylic acids is 1. The van der Waals surface area contributed by atoms with Crippen LogP contribution in [0.15, 0.2) is 0 Å². The van der Waals surface area contributed by atoms with E-state index in [0.29, 0.717) is 19.0 Å². The van der Waals surface area contributed by atoms with Crippen LogP contribution in [0.1, 0.15) is 27.2 Å². The van der Waals surface area contributed by atoms with Gasteiger partial charge in [0.15, 0.2) is 0 Å². The van der Waals surface area contributed by atoms with Crippen molar-refractivity contribution in [1.29, 1.82) is 0 Å². The number of ether oxygens (including phenoxy) is 1. The zero-order valence-corrected chi connectivity index (χ0v) is 9.55. The first kappa shape index (κ1) is 10.7. The monoisotopic (exact) mass is 215 g/mol. The molecule has 1 saturated heterocycles. The number of amides is 1. The standard InChI is InChI=1S/C11H18FNO2/c1-10(2,3)15-9(14)13-5-8-4-11(8,6-12)7-13/h8H,4-7H2,1-3H3/t8-,11-/m1/s1. The van der Waals surface area contributed by atoms with E-state index in [-0.39, 0.29) is 18.2 Å². The van der Waals surface area contributed by atoms with Crippen molar-refractivity contribution >= 4 is 6.09 Å². The molecular formula is C11H18FNO2. The summed E-state index contributed by atoms with van der Waals surface area (Å²) in [5.74, 6) is 0.370. The summed E-state index contributed by atoms with van der Waals surface area (Å²) in [6, 6.07) is 0. The van der Waals surface area contributed by atoms with Crippen LogP contribution in [-0.2, 0) is 4.74 Å². The second-order valence-electron chi connectivity index (χ2n) is 5.76. The van der Waals surface area contributed by atoms with E-state index in [9.17, 15) is 9.18 Å². The van der Waals surface area contributed by atoms with Crippen LogP contribution in [0.5, 0.6) is 0 Å². The van der Waals surface area contributed by atoms with Gasteiger partial charge in [-0.1, -0.05) is 0 Å². The highest BCUT2D eigenvalue weighted by atomic mass is 19.1. The molecule has 0 aromatic carbocycles. The maximum absolute atomic E-state index is 12.7. The number of likely N-dealkylation sites (tertiary alicyclic amines) is 1. The van der Waals surface area contributed by atoms with Gasteiger partial charge in [0.05, 0.1) is 6.67 Å². The van der Waals surface area contributed by atoms with E-state index in [1.165, 1.54) is 0 Å². The first-order valence-electron chi connectivity index (χ1n) is 5.40. The van der Waals surface area contributed by atoms with Gasteiger partial charge < -0.3 is 9.64 Å². The predicted molar refractivity (Wildman–Crippen MR) is 54.3 cm³/mol. The molecule has 0 spiro atoms. The van der Waals surface area contributed by atoms with E-state index in [1.807, 2.05) is 20.8 Å². The van der Waals surface area contributed by atoms with Gasteiger partial charge in [-0.15, -0.1) is 0 Å². The van der Waals surface area contributed by atoms with Crippen molar-refractivity contribution in [3.63, 3.8) is 0 Å². The number of hydrogen-bond acceptors (Lipinski definition) is 2. The van der Waals surface area contributed by atoms with Gasteiger partial charge in [-0.05, 0) is 33.1 Å². The average Bonchev–Trinajstić information content (AvgIpc) is 2.66. The highest BCUT2D eigenvalue weighted by Gasteiger charge is 2.61. The third-order valence-corrected chi connectivity index (χ3v) is 3.22. The Kier molecular flexibility index (Phi) is 2.21. The summed E-state index contributed by atoms with van der Waals surface area (Å²) < 4.78 is 18.0. The SMILES string of the molecule is CC(C)(C)OC(=O)N1C[C@H]2C[C@@]2(CF)C1. The number of nitrogens with zero attached hydrogens (tertiary/aromatic N) is 1. The zero-order valence-electron chi connectivity index (χ0n) is 9.55. The number of fused-ring (bicyclic) bond motifs is 1. The minimum absolute atomic E-state index is 0.211. The lowest BCUT2D eigenvalue weighted by atomic mass is 10.1. The van der Waals surface area contributed by atoms with E-state index in [1.54, 1.807) is 4.90 Å².